The Kier molecular flexibility index (Phi) is 4.81. The first-order valence-corrected chi connectivity index (χ1v) is 7.09. The lowest BCUT2D eigenvalue weighted by atomic mass is 10.0. The summed E-state index contributed by atoms with van der Waals surface area (Å²) < 4.78 is 5.86. The molecule has 21 heavy (non-hydrogen) atoms. The quantitative estimate of drug-likeness (QED) is 0.917. The van der Waals surface area contributed by atoms with Gasteiger partial charge < -0.3 is 15.4 Å². The maximum Gasteiger partial charge on any atom is 0.124 e. The highest BCUT2D eigenvalue weighted by molar-refractivity contribution is 5.67. The average molecular weight is 285 g/mol. The van der Waals surface area contributed by atoms with Crippen molar-refractivity contribution in [1.29, 1.82) is 0 Å². The minimum Gasteiger partial charge on any atom is -0.492 e. The number of nitrogen functional groups attached to an aromatic ring is 1. The molecule has 0 fully saturated rings. The molecular weight excluding hydrogens is 262 g/mol. The summed E-state index contributed by atoms with van der Waals surface area (Å²) in [5, 5.41) is 0. The van der Waals surface area contributed by atoms with Gasteiger partial charge in [0, 0.05) is 12.1 Å². The van der Waals surface area contributed by atoms with Gasteiger partial charge in [-0.25, -0.2) is 4.98 Å². The Morgan fingerprint density at radius 1 is 1.14 bits per heavy atom. The summed E-state index contributed by atoms with van der Waals surface area (Å²) in [5.74, 6) is 1.47. The molecule has 4 heteroatoms. The fraction of sp³-hybridized carbons (Fsp3) is 0.353. The Morgan fingerprint density at radius 3 is 2.57 bits per heavy atom. The molecule has 1 aromatic carbocycles. The predicted molar refractivity (Wildman–Crippen MR) is 87.6 cm³/mol. The minimum absolute atomic E-state index is 0.538. The molecule has 112 valence electrons. The fourth-order valence-electron chi connectivity index (χ4n) is 2.16. The van der Waals surface area contributed by atoms with E-state index in [0.29, 0.717) is 12.4 Å². The molecule has 0 atom stereocenters. The number of aromatic nitrogens is 1. The van der Waals surface area contributed by atoms with Crippen molar-refractivity contribution in [3.8, 4) is 17.0 Å². The smallest absolute Gasteiger partial charge is 0.124 e. The molecule has 2 N–H and O–H groups in total. The van der Waals surface area contributed by atoms with E-state index < -0.39 is 0 Å². The molecule has 0 aliphatic carbocycles. The van der Waals surface area contributed by atoms with Crippen LogP contribution in [0.1, 0.15) is 11.1 Å². The summed E-state index contributed by atoms with van der Waals surface area (Å²) in [6.07, 6.45) is 0. The number of nitrogens with two attached hydrogens (primary N) is 1. The van der Waals surface area contributed by atoms with Gasteiger partial charge in [-0.05, 0) is 63.3 Å². The molecule has 4 nitrogen and oxygen atoms in total. The van der Waals surface area contributed by atoms with Gasteiger partial charge in [0.1, 0.15) is 18.2 Å². The molecule has 0 spiro atoms. The zero-order valence-electron chi connectivity index (χ0n) is 13.2. The topological polar surface area (TPSA) is 51.4 Å². The zero-order chi connectivity index (χ0) is 15.4. The van der Waals surface area contributed by atoms with E-state index in [9.17, 15) is 0 Å². The van der Waals surface area contributed by atoms with Gasteiger partial charge in [0.2, 0.25) is 0 Å². The van der Waals surface area contributed by atoms with E-state index >= 15 is 0 Å². The molecule has 0 amide bonds. The van der Waals surface area contributed by atoms with E-state index in [4.69, 9.17) is 10.5 Å². The van der Waals surface area contributed by atoms with Gasteiger partial charge in [0.05, 0.1) is 5.69 Å². The standard InChI is InChI=1S/C17H23N3O/c1-12-11-16(21-9-8-20(3)4)13(2)10-14(12)15-6-5-7-17(18)19-15/h5-7,10-11H,8-9H2,1-4H3,(H2,18,19). The first kappa shape index (κ1) is 15.3. The van der Waals surface area contributed by atoms with E-state index in [1.165, 1.54) is 0 Å². The number of anilines is 1. The highest BCUT2D eigenvalue weighted by atomic mass is 16.5. The van der Waals surface area contributed by atoms with Crippen LogP contribution in [0.5, 0.6) is 5.75 Å². The molecule has 0 unspecified atom stereocenters. The summed E-state index contributed by atoms with van der Waals surface area (Å²) in [6, 6.07) is 9.89. The Labute approximate surface area is 126 Å². The Morgan fingerprint density at radius 2 is 1.90 bits per heavy atom. The molecular formula is C17H23N3O. The minimum atomic E-state index is 0.538. The fourth-order valence-corrected chi connectivity index (χ4v) is 2.16. The summed E-state index contributed by atoms with van der Waals surface area (Å²) >= 11 is 0. The Balaban J connectivity index is 2.24. The average Bonchev–Trinajstić information content (AvgIpc) is 2.42. The summed E-state index contributed by atoms with van der Waals surface area (Å²) in [7, 11) is 4.08. The van der Waals surface area contributed by atoms with Crippen LogP contribution >= 0.6 is 0 Å². The van der Waals surface area contributed by atoms with E-state index in [-0.39, 0.29) is 0 Å². The molecule has 0 saturated carbocycles. The molecule has 0 aliphatic heterocycles. The van der Waals surface area contributed by atoms with Crippen LogP contribution in [-0.2, 0) is 0 Å². The van der Waals surface area contributed by atoms with E-state index in [1.807, 2.05) is 26.2 Å². The number of likely N-dealkylation sites (N-methyl/N-ethyl adjacent to an activating group) is 1. The second kappa shape index (κ2) is 6.59. The lowest BCUT2D eigenvalue weighted by molar-refractivity contribution is 0.260. The number of ether oxygens (including phenoxy) is 1. The van der Waals surface area contributed by atoms with Gasteiger partial charge in [0.15, 0.2) is 0 Å². The molecule has 0 bridgehead atoms. The largest absolute Gasteiger partial charge is 0.492 e. The molecule has 0 radical (unpaired) electrons. The predicted octanol–water partition coefficient (Wildman–Crippen LogP) is 2.89. The van der Waals surface area contributed by atoms with Gasteiger partial charge in [-0.3, -0.25) is 0 Å². The van der Waals surface area contributed by atoms with Gasteiger partial charge in [0.25, 0.3) is 0 Å². The number of pyridine rings is 1. The third kappa shape index (κ3) is 3.95. The first-order chi connectivity index (χ1) is 9.97. The molecule has 2 aromatic rings. The van der Waals surface area contributed by atoms with E-state index in [1.54, 1.807) is 6.07 Å². The Hall–Kier alpha value is -2.07. The number of hydrogen-bond donors (Lipinski definition) is 1. The first-order valence-electron chi connectivity index (χ1n) is 7.09. The normalized spacial score (nSPS) is 10.9. The third-order valence-corrected chi connectivity index (χ3v) is 3.36. The van der Waals surface area contributed by atoms with Gasteiger partial charge in [-0.1, -0.05) is 6.07 Å². The van der Waals surface area contributed by atoms with Crippen molar-refractivity contribution in [2.45, 2.75) is 13.8 Å². The van der Waals surface area contributed by atoms with Crippen LogP contribution in [0.4, 0.5) is 5.82 Å². The summed E-state index contributed by atoms with van der Waals surface area (Å²) in [6.45, 7) is 5.71. The van der Waals surface area contributed by atoms with Crippen molar-refractivity contribution in [2.24, 2.45) is 0 Å². The van der Waals surface area contributed by atoms with Crippen molar-refractivity contribution in [3.05, 3.63) is 41.5 Å². The van der Waals surface area contributed by atoms with E-state index in [0.717, 1.165) is 34.7 Å². The maximum absolute atomic E-state index is 5.86. The second-order valence-electron chi connectivity index (χ2n) is 5.53. The molecule has 1 aromatic heterocycles. The number of nitrogens with zero attached hydrogens (tertiary/aromatic N) is 2. The van der Waals surface area contributed by atoms with Crippen molar-refractivity contribution in [3.63, 3.8) is 0 Å². The van der Waals surface area contributed by atoms with Gasteiger partial charge in [-0.15, -0.1) is 0 Å². The molecule has 0 aliphatic rings. The lowest BCUT2D eigenvalue weighted by Crippen LogP contribution is -2.19. The van der Waals surface area contributed by atoms with Crippen molar-refractivity contribution in [1.82, 2.24) is 9.88 Å². The molecule has 1 heterocycles. The second-order valence-corrected chi connectivity index (χ2v) is 5.53. The van der Waals surface area contributed by atoms with Crippen LogP contribution in [0, 0.1) is 13.8 Å². The highest BCUT2D eigenvalue weighted by Crippen LogP contribution is 2.29. The van der Waals surface area contributed by atoms with Crippen LogP contribution in [0.3, 0.4) is 0 Å². The van der Waals surface area contributed by atoms with Crippen molar-refractivity contribution < 1.29 is 4.74 Å². The number of rotatable bonds is 5. The van der Waals surface area contributed by atoms with Gasteiger partial charge >= 0.3 is 0 Å². The van der Waals surface area contributed by atoms with Crippen molar-refractivity contribution >= 4 is 5.82 Å². The van der Waals surface area contributed by atoms with E-state index in [2.05, 4.69) is 35.9 Å². The van der Waals surface area contributed by atoms with Crippen LogP contribution in [0.25, 0.3) is 11.3 Å². The molecule has 0 saturated heterocycles. The Bertz CT molecular complexity index is 623. The number of hydrogen-bond acceptors (Lipinski definition) is 4. The van der Waals surface area contributed by atoms with Crippen LogP contribution in [-0.4, -0.2) is 37.1 Å². The number of aryl methyl sites for hydroxylation is 2. The monoisotopic (exact) mass is 285 g/mol. The highest BCUT2D eigenvalue weighted by Gasteiger charge is 2.09. The zero-order valence-corrected chi connectivity index (χ0v) is 13.2. The summed E-state index contributed by atoms with van der Waals surface area (Å²) in [4.78, 5) is 6.50. The van der Waals surface area contributed by atoms with Crippen LogP contribution in [0.15, 0.2) is 30.3 Å². The maximum atomic E-state index is 5.86. The number of benzene rings is 1. The van der Waals surface area contributed by atoms with Gasteiger partial charge in [-0.2, -0.15) is 0 Å². The van der Waals surface area contributed by atoms with Crippen molar-refractivity contribution in [2.75, 3.05) is 33.0 Å². The SMILES string of the molecule is Cc1cc(-c2cccc(N)n2)c(C)cc1OCCN(C)C. The summed E-state index contributed by atoms with van der Waals surface area (Å²) in [5.41, 5.74) is 10.0. The molecule has 2 rings (SSSR count). The lowest BCUT2D eigenvalue weighted by Gasteiger charge is -2.15. The van der Waals surface area contributed by atoms with Crippen LogP contribution in [0.2, 0.25) is 0 Å². The third-order valence-electron chi connectivity index (χ3n) is 3.36. The van der Waals surface area contributed by atoms with Crippen LogP contribution < -0.4 is 10.5 Å².